The Morgan fingerprint density at radius 3 is 2.89 bits per heavy atom. The standard InChI is InChI=1S/C19H32N4O3.HI/c1-3-20-19(23-14-17-5-9-21-18(13-17)24-2)22-8-4-10-26-15-16-6-11-25-12-7-16;/h5,9,13,16H,3-4,6-8,10-12,14-15H2,1-2H3,(H2,20,22,23);1H. The molecule has 2 heterocycles. The van der Waals surface area contributed by atoms with Crippen molar-refractivity contribution in [1.29, 1.82) is 0 Å². The first-order valence-electron chi connectivity index (χ1n) is 9.48. The van der Waals surface area contributed by atoms with Gasteiger partial charge in [-0.25, -0.2) is 9.98 Å². The lowest BCUT2D eigenvalue weighted by Gasteiger charge is -2.21. The van der Waals surface area contributed by atoms with Crippen molar-refractivity contribution in [2.75, 3.05) is 46.6 Å². The van der Waals surface area contributed by atoms with Gasteiger partial charge < -0.3 is 24.8 Å². The molecule has 0 bridgehead atoms. The number of rotatable bonds is 10. The Kier molecular flexibility index (Phi) is 13.2. The summed E-state index contributed by atoms with van der Waals surface area (Å²) < 4.78 is 16.3. The molecule has 0 unspecified atom stereocenters. The third kappa shape index (κ3) is 10.1. The first-order chi connectivity index (χ1) is 12.8. The monoisotopic (exact) mass is 492 g/mol. The molecule has 27 heavy (non-hydrogen) atoms. The second-order valence-electron chi connectivity index (χ2n) is 6.31. The third-order valence-corrected chi connectivity index (χ3v) is 4.22. The Morgan fingerprint density at radius 1 is 1.33 bits per heavy atom. The molecule has 0 aliphatic carbocycles. The summed E-state index contributed by atoms with van der Waals surface area (Å²) in [7, 11) is 1.62. The molecule has 1 fully saturated rings. The molecule has 2 N–H and O–H groups in total. The summed E-state index contributed by atoms with van der Waals surface area (Å²) in [6, 6.07) is 3.84. The van der Waals surface area contributed by atoms with Crippen LogP contribution in [0.3, 0.4) is 0 Å². The molecule has 7 nitrogen and oxygen atoms in total. The van der Waals surface area contributed by atoms with Crippen molar-refractivity contribution in [2.24, 2.45) is 10.9 Å². The van der Waals surface area contributed by atoms with Crippen LogP contribution in [-0.4, -0.2) is 57.6 Å². The molecular formula is C19H33IN4O3. The number of hydrogen-bond donors (Lipinski definition) is 2. The maximum absolute atomic E-state index is 5.79. The fourth-order valence-electron chi connectivity index (χ4n) is 2.72. The SMILES string of the molecule is CCNC(=NCc1ccnc(OC)c1)NCCCOCC1CCOCC1.I. The largest absolute Gasteiger partial charge is 0.481 e. The lowest BCUT2D eigenvalue weighted by atomic mass is 10.0. The summed E-state index contributed by atoms with van der Waals surface area (Å²) in [4.78, 5) is 8.72. The number of guanidine groups is 1. The van der Waals surface area contributed by atoms with Crippen molar-refractivity contribution in [3.63, 3.8) is 0 Å². The van der Waals surface area contributed by atoms with E-state index in [-0.39, 0.29) is 24.0 Å². The number of ether oxygens (including phenoxy) is 3. The molecule has 0 saturated carbocycles. The minimum absolute atomic E-state index is 0. The molecule has 1 saturated heterocycles. The third-order valence-electron chi connectivity index (χ3n) is 4.22. The fourth-order valence-corrected chi connectivity index (χ4v) is 2.72. The maximum atomic E-state index is 5.79. The number of aliphatic imine (C=N–C) groups is 1. The number of nitrogens with one attached hydrogen (secondary N) is 2. The number of hydrogen-bond acceptors (Lipinski definition) is 5. The van der Waals surface area contributed by atoms with Gasteiger partial charge >= 0.3 is 0 Å². The van der Waals surface area contributed by atoms with E-state index >= 15 is 0 Å². The molecule has 2 rings (SSSR count). The zero-order valence-corrected chi connectivity index (χ0v) is 18.7. The van der Waals surface area contributed by atoms with Crippen LogP contribution in [0.15, 0.2) is 23.3 Å². The van der Waals surface area contributed by atoms with Gasteiger partial charge in [-0.3, -0.25) is 0 Å². The van der Waals surface area contributed by atoms with Crippen LogP contribution in [0.25, 0.3) is 0 Å². The zero-order chi connectivity index (χ0) is 18.5. The quantitative estimate of drug-likeness (QED) is 0.226. The molecule has 154 valence electrons. The average molecular weight is 492 g/mol. The van der Waals surface area contributed by atoms with Gasteiger partial charge in [0.05, 0.1) is 13.7 Å². The predicted octanol–water partition coefficient (Wildman–Crippen LogP) is 2.60. The number of halogens is 1. The van der Waals surface area contributed by atoms with E-state index in [1.54, 1.807) is 13.3 Å². The number of aromatic nitrogens is 1. The average Bonchev–Trinajstić information content (AvgIpc) is 2.69. The normalized spacial score (nSPS) is 15.1. The molecule has 1 aromatic heterocycles. The van der Waals surface area contributed by atoms with Gasteiger partial charge in [0.15, 0.2) is 5.96 Å². The Hall–Kier alpha value is -1.13. The van der Waals surface area contributed by atoms with Gasteiger partial charge in [0.1, 0.15) is 0 Å². The maximum Gasteiger partial charge on any atom is 0.213 e. The van der Waals surface area contributed by atoms with Gasteiger partial charge in [0.25, 0.3) is 0 Å². The topological polar surface area (TPSA) is 77.0 Å². The summed E-state index contributed by atoms with van der Waals surface area (Å²) in [5.41, 5.74) is 1.06. The number of nitrogens with zero attached hydrogens (tertiary/aromatic N) is 2. The first kappa shape index (κ1) is 23.9. The van der Waals surface area contributed by atoms with Crippen molar-refractivity contribution in [3.8, 4) is 5.88 Å². The summed E-state index contributed by atoms with van der Waals surface area (Å²) in [6.07, 6.45) is 4.93. The van der Waals surface area contributed by atoms with Crippen molar-refractivity contribution < 1.29 is 14.2 Å². The molecule has 8 heteroatoms. The summed E-state index contributed by atoms with van der Waals surface area (Å²) in [6.45, 7) is 7.67. The zero-order valence-electron chi connectivity index (χ0n) is 16.4. The molecule has 0 aromatic carbocycles. The Labute approximate surface area is 179 Å². The van der Waals surface area contributed by atoms with Gasteiger partial charge in [0.2, 0.25) is 5.88 Å². The van der Waals surface area contributed by atoms with Gasteiger partial charge in [-0.1, -0.05) is 0 Å². The van der Waals surface area contributed by atoms with Gasteiger partial charge in [-0.05, 0) is 43.7 Å². The van der Waals surface area contributed by atoms with E-state index in [9.17, 15) is 0 Å². The van der Waals surface area contributed by atoms with Crippen LogP contribution in [0, 0.1) is 5.92 Å². The van der Waals surface area contributed by atoms with Crippen LogP contribution in [0.2, 0.25) is 0 Å². The lowest BCUT2D eigenvalue weighted by molar-refractivity contribution is 0.0203. The highest BCUT2D eigenvalue weighted by Gasteiger charge is 2.13. The van der Waals surface area contributed by atoms with E-state index in [0.29, 0.717) is 18.3 Å². The summed E-state index contributed by atoms with van der Waals surface area (Å²) in [5.74, 6) is 2.08. The van der Waals surface area contributed by atoms with Gasteiger partial charge in [0, 0.05) is 51.8 Å². The molecule has 0 spiro atoms. The molecule has 0 amide bonds. The van der Waals surface area contributed by atoms with Crippen LogP contribution in [-0.2, 0) is 16.0 Å². The Bertz CT molecular complexity index is 539. The smallest absolute Gasteiger partial charge is 0.213 e. The van der Waals surface area contributed by atoms with Crippen LogP contribution in [0.5, 0.6) is 5.88 Å². The van der Waals surface area contributed by atoms with Crippen LogP contribution in [0.4, 0.5) is 0 Å². The van der Waals surface area contributed by atoms with Gasteiger partial charge in [-0.15, -0.1) is 24.0 Å². The van der Waals surface area contributed by atoms with Crippen molar-refractivity contribution in [1.82, 2.24) is 15.6 Å². The second-order valence-corrected chi connectivity index (χ2v) is 6.31. The predicted molar refractivity (Wildman–Crippen MR) is 118 cm³/mol. The number of pyridine rings is 1. The first-order valence-corrected chi connectivity index (χ1v) is 9.48. The van der Waals surface area contributed by atoms with Crippen molar-refractivity contribution in [3.05, 3.63) is 23.9 Å². The van der Waals surface area contributed by atoms with Crippen molar-refractivity contribution in [2.45, 2.75) is 32.7 Å². The van der Waals surface area contributed by atoms with E-state index in [2.05, 4.69) is 27.5 Å². The minimum Gasteiger partial charge on any atom is -0.481 e. The fraction of sp³-hybridized carbons (Fsp3) is 0.684. The van der Waals surface area contributed by atoms with Gasteiger partial charge in [-0.2, -0.15) is 0 Å². The molecule has 0 atom stereocenters. The van der Waals surface area contributed by atoms with Crippen LogP contribution < -0.4 is 15.4 Å². The second kappa shape index (κ2) is 14.9. The number of methoxy groups -OCH3 is 1. The molecule has 1 aliphatic heterocycles. The van der Waals surface area contributed by atoms with Crippen molar-refractivity contribution >= 4 is 29.9 Å². The summed E-state index contributed by atoms with van der Waals surface area (Å²) in [5, 5.41) is 6.61. The molecular weight excluding hydrogens is 459 g/mol. The highest BCUT2D eigenvalue weighted by atomic mass is 127. The Balaban J connectivity index is 0.00000364. The molecule has 0 radical (unpaired) electrons. The Morgan fingerprint density at radius 2 is 2.15 bits per heavy atom. The van der Waals surface area contributed by atoms with E-state index < -0.39 is 0 Å². The highest BCUT2D eigenvalue weighted by Crippen LogP contribution is 2.14. The summed E-state index contributed by atoms with van der Waals surface area (Å²) >= 11 is 0. The minimum atomic E-state index is 0. The van der Waals surface area contributed by atoms with Crippen LogP contribution >= 0.6 is 24.0 Å². The van der Waals surface area contributed by atoms with E-state index in [0.717, 1.165) is 70.3 Å². The highest BCUT2D eigenvalue weighted by molar-refractivity contribution is 14.0. The lowest BCUT2D eigenvalue weighted by Crippen LogP contribution is -2.38. The molecule has 1 aromatic rings. The van der Waals surface area contributed by atoms with E-state index in [1.807, 2.05) is 12.1 Å². The molecule has 1 aliphatic rings. The van der Waals surface area contributed by atoms with E-state index in [4.69, 9.17) is 14.2 Å². The van der Waals surface area contributed by atoms with Crippen LogP contribution in [0.1, 0.15) is 31.7 Å². The van der Waals surface area contributed by atoms with E-state index in [1.165, 1.54) is 0 Å².